The van der Waals surface area contributed by atoms with Crippen LogP contribution in [0.1, 0.15) is 27.4 Å². The van der Waals surface area contributed by atoms with Crippen LogP contribution in [0.4, 0.5) is 5.82 Å². The van der Waals surface area contributed by atoms with Crippen molar-refractivity contribution in [2.45, 2.75) is 20.8 Å². The predicted octanol–water partition coefficient (Wildman–Crippen LogP) is 3.67. The Balaban J connectivity index is 1.71. The van der Waals surface area contributed by atoms with Crippen LogP contribution in [0, 0.1) is 20.8 Å². The summed E-state index contributed by atoms with van der Waals surface area (Å²) < 4.78 is 0. The van der Waals surface area contributed by atoms with Gasteiger partial charge in [-0.3, -0.25) is 4.79 Å². The number of nitrogens with zero attached hydrogens (tertiary/aromatic N) is 4. The van der Waals surface area contributed by atoms with Gasteiger partial charge in [-0.1, -0.05) is 23.2 Å². The number of amides is 1. The monoisotopic (exact) mass is 378 g/mol. The number of anilines is 1. The van der Waals surface area contributed by atoms with E-state index >= 15 is 0 Å². The average molecular weight is 379 g/mol. The second-order valence-electron chi connectivity index (χ2n) is 6.21. The predicted molar refractivity (Wildman–Crippen MR) is 101 cm³/mol. The van der Waals surface area contributed by atoms with Crippen molar-refractivity contribution in [3.8, 4) is 0 Å². The van der Waals surface area contributed by atoms with Crippen molar-refractivity contribution in [2.24, 2.45) is 0 Å². The number of piperazine rings is 1. The van der Waals surface area contributed by atoms with Gasteiger partial charge in [-0.2, -0.15) is 0 Å². The summed E-state index contributed by atoms with van der Waals surface area (Å²) in [5.41, 5.74) is 2.65. The molecule has 0 saturated carbocycles. The van der Waals surface area contributed by atoms with Crippen molar-refractivity contribution in [1.29, 1.82) is 0 Å². The number of carbonyl (C=O) groups excluding carboxylic acids is 1. The van der Waals surface area contributed by atoms with E-state index in [0.29, 0.717) is 28.7 Å². The minimum Gasteiger partial charge on any atom is -0.353 e. The molecule has 2 aromatic rings. The minimum absolute atomic E-state index is 0.0232. The van der Waals surface area contributed by atoms with Crippen LogP contribution in [0.3, 0.4) is 0 Å². The molecule has 0 bridgehead atoms. The molecule has 2 heterocycles. The zero-order valence-electron chi connectivity index (χ0n) is 14.5. The van der Waals surface area contributed by atoms with Crippen LogP contribution in [0.15, 0.2) is 18.2 Å². The number of halogens is 2. The standard InChI is InChI=1S/C18H20Cl2N4O/c1-11-12(2)21-13(3)22-17(11)23-6-8-24(9-7-23)18(25)14-4-5-15(19)16(20)10-14/h4-5,10H,6-9H2,1-3H3. The minimum atomic E-state index is -0.0232. The molecule has 1 aliphatic heterocycles. The Morgan fingerprint density at radius 3 is 2.32 bits per heavy atom. The molecule has 1 aliphatic rings. The van der Waals surface area contributed by atoms with Crippen molar-refractivity contribution in [1.82, 2.24) is 14.9 Å². The molecule has 1 amide bonds. The van der Waals surface area contributed by atoms with Crippen molar-refractivity contribution in [3.05, 3.63) is 50.9 Å². The summed E-state index contributed by atoms with van der Waals surface area (Å²) in [5.74, 6) is 1.71. The maximum absolute atomic E-state index is 12.7. The molecule has 0 unspecified atom stereocenters. The molecule has 0 spiro atoms. The van der Waals surface area contributed by atoms with E-state index in [1.807, 2.05) is 25.7 Å². The van der Waals surface area contributed by atoms with Gasteiger partial charge in [-0.05, 0) is 39.0 Å². The van der Waals surface area contributed by atoms with Crippen molar-refractivity contribution in [2.75, 3.05) is 31.1 Å². The highest BCUT2D eigenvalue weighted by Crippen LogP contribution is 2.25. The first kappa shape index (κ1) is 18.0. The van der Waals surface area contributed by atoms with E-state index in [4.69, 9.17) is 23.2 Å². The van der Waals surface area contributed by atoms with Gasteiger partial charge in [0, 0.05) is 43.0 Å². The number of rotatable bonds is 2. The van der Waals surface area contributed by atoms with Gasteiger partial charge in [0.2, 0.25) is 0 Å². The van der Waals surface area contributed by atoms with Crippen molar-refractivity contribution >= 4 is 34.9 Å². The van der Waals surface area contributed by atoms with Gasteiger partial charge in [-0.15, -0.1) is 0 Å². The Hall–Kier alpha value is -1.85. The second-order valence-corrected chi connectivity index (χ2v) is 7.03. The van der Waals surface area contributed by atoms with Crippen LogP contribution in [0.5, 0.6) is 0 Å². The zero-order valence-corrected chi connectivity index (χ0v) is 16.0. The molecule has 0 atom stereocenters. The number of aryl methyl sites for hydroxylation is 2. The molecular formula is C18H20Cl2N4O. The van der Waals surface area contributed by atoms with E-state index < -0.39 is 0 Å². The maximum atomic E-state index is 12.7. The van der Waals surface area contributed by atoms with Gasteiger partial charge in [0.1, 0.15) is 11.6 Å². The molecule has 5 nitrogen and oxygen atoms in total. The van der Waals surface area contributed by atoms with Crippen LogP contribution >= 0.6 is 23.2 Å². The van der Waals surface area contributed by atoms with E-state index in [0.717, 1.165) is 36.0 Å². The summed E-state index contributed by atoms with van der Waals surface area (Å²) >= 11 is 11.9. The Kier molecular flexibility index (Phi) is 5.16. The number of hydrogen-bond acceptors (Lipinski definition) is 4. The molecule has 0 aliphatic carbocycles. The van der Waals surface area contributed by atoms with E-state index in [2.05, 4.69) is 14.9 Å². The van der Waals surface area contributed by atoms with Gasteiger partial charge >= 0.3 is 0 Å². The third kappa shape index (κ3) is 3.72. The summed E-state index contributed by atoms with van der Waals surface area (Å²) in [6.45, 7) is 8.70. The lowest BCUT2D eigenvalue weighted by Gasteiger charge is -2.36. The SMILES string of the molecule is Cc1nc(C)c(C)c(N2CCN(C(=O)c3ccc(Cl)c(Cl)c3)CC2)n1. The molecule has 0 radical (unpaired) electrons. The molecule has 0 N–H and O–H groups in total. The first-order valence-corrected chi connectivity index (χ1v) is 8.93. The summed E-state index contributed by atoms with van der Waals surface area (Å²) in [6, 6.07) is 4.99. The summed E-state index contributed by atoms with van der Waals surface area (Å²) in [6.07, 6.45) is 0. The number of benzene rings is 1. The van der Waals surface area contributed by atoms with E-state index in [1.54, 1.807) is 18.2 Å². The lowest BCUT2D eigenvalue weighted by molar-refractivity contribution is 0.0746. The summed E-state index contributed by atoms with van der Waals surface area (Å²) in [7, 11) is 0. The van der Waals surface area contributed by atoms with Gasteiger partial charge < -0.3 is 9.80 Å². The molecule has 3 rings (SSSR count). The second kappa shape index (κ2) is 7.18. The van der Waals surface area contributed by atoms with Crippen LogP contribution in [-0.4, -0.2) is 47.0 Å². The average Bonchev–Trinajstić information content (AvgIpc) is 2.60. The smallest absolute Gasteiger partial charge is 0.254 e. The fraction of sp³-hybridized carbons (Fsp3) is 0.389. The van der Waals surface area contributed by atoms with Crippen molar-refractivity contribution in [3.63, 3.8) is 0 Å². The molecular weight excluding hydrogens is 359 g/mol. The lowest BCUT2D eigenvalue weighted by Crippen LogP contribution is -2.49. The molecule has 1 aromatic heterocycles. The highest BCUT2D eigenvalue weighted by molar-refractivity contribution is 6.42. The number of hydrogen-bond donors (Lipinski definition) is 0. The maximum Gasteiger partial charge on any atom is 0.254 e. The van der Waals surface area contributed by atoms with Crippen molar-refractivity contribution < 1.29 is 4.79 Å². The Labute approximate surface area is 157 Å². The molecule has 1 aromatic carbocycles. The Bertz CT molecular complexity index is 817. The Morgan fingerprint density at radius 1 is 1.00 bits per heavy atom. The third-order valence-electron chi connectivity index (χ3n) is 4.51. The third-order valence-corrected chi connectivity index (χ3v) is 5.25. The van der Waals surface area contributed by atoms with Crippen LogP contribution in [0.2, 0.25) is 10.0 Å². The van der Waals surface area contributed by atoms with Gasteiger partial charge in [-0.25, -0.2) is 9.97 Å². The topological polar surface area (TPSA) is 49.3 Å². The van der Waals surface area contributed by atoms with E-state index in [1.165, 1.54) is 0 Å². The Morgan fingerprint density at radius 2 is 1.68 bits per heavy atom. The molecule has 7 heteroatoms. The summed E-state index contributed by atoms with van der Waals surface area (Å²) in [4.78, 5) is 25.7. The highest BCUT2D eigenvalue weighted by Gasteiger charge is 2.24. The number of aromatic nitrogens is 2. The fourth-order valence-electron chi connectivity index (χ4n) is 2.99. The fourth-order valence-corrected chi connectivity index (χ4v) is 3.29. The van der Waals surface area contributed by atoms with Crippen LogP contribution < -0.4 is 4.90 Å². The quantitative estimate of drug-likeness (QED) is 0.799. The largest absolute Gasteiger partial charge is 0.353 e. The van der Waals surface area contributed by atoms with E-state index in [-0.39, 0.29) is 5.91 Å². The first-order chi connectivity index (χ1) is 11.9. The van der Waals surface area contributed by atoms with Crippen LogP contribution in [-0.2, 0) is 0 Å². The lowest BCUT2D eigenvalue weighted by atomic mass is 10.1. The number of carbonyl (C=O) groups is 1. The van der Waals surface area contributed by atoms with E-state index in [9.17, 15) is 4.79 Å². The zero-order chi connectivity index (χ0) is 18.1. The molecule has 1 fully saturated rings. The van der Waals surface area contributed by atoms with Gasteiger partial charge in [0.05, 0.1) is 10.0 Å². The first-order valence-electron chi connectivity index (χ1n) is 8.18. The van der Waals surface area contributed by atoms with Crippen LogP contribution in [0.25, 0.3) is 0 Å². The van der Waals surface area contributed by atoms with Gasteiger partial charge in [0.25, 0.3) is 5.91 Å². The normalized spacial score (nSPS) is 14.8. The summed E-state index contributed by atoms with van der Waals surface area (Å²) in [5, 5.41) is 0.849. The molecule has 25 heavy (non-hydrogen) atoms. The van der Waals surface area contributed by atoms with Gasteiger partial charge in [0.15, 0.2) is 0 Å². The molecule has 1 saturated heterocycles. The highest BCUT2D eigenvalue weighted by atomic mass is 35.5. The molecule has 132 valence electrons.